The Kier molecular flexibility index (Phi) is 5.64. The molecule has 0 fully saturated rings. The van der Waals surface area contributed by atoms with Gasteiger partial charge in [0.2, 0.25) is 5.91 Å². The number of nitrogens with one attached hydrogen (secondary N) is 1. The van der Waals surface area contributed by atoms with Gasteiger partial charge in [0, 0.05) is 10.6 Å². The third-order valence-electron chi connectivity index (χ3n) is 4.06. The van der Waals surface area contributed by atoms with Crippen LogP contribution in [0.25, 0.3) is 17.0 Å². The number of anilines is 1. The molecule has 0 aliphatic carbocycles. The Morgan fingerprint density at radius 1 is 1.14 bits per heavy atom. The van der Waals surface area contributed by atoms with Gasteiger partial charge in [-0.3, -0.25) is 4.79 Å². The molecule has 29 heavy (non-hydrogen) atoms. The van der Waals surface area contributed by atoms with E-state index >= 15 is 0 Å². The number of rotatable bonds is 6. The minimum absolute atomic E-state index is 0.178. The van der Waals surface area contributed by atoms with E-state index in [2.05, 4.69) is 20.6 Å². The summed E-state index contributed by atoms with van der Waals surface area (Å²) >= 11 is 7.32. The van der Waals surface area contributed by atoms with Crippen LogP contribution in [-0.4, -0.2) is 38.6 Å². The van der Waals surface area contributed by atoms with Crippen molar-refractivity contribution in [3.8, 4) is 17.1 Å². The summed E-state index contributed by atoms with van der Waals surface area (Å²) < 4.78 is 6.92. The first kappa shape index (κ1) is 19.2. The van der Waals surface area contributed by atoms with Crippen molar-refractivity contribution in [1.82, 2.24) is 19.8 Å². The molecule has 0 aliphatic rings. The highest BCUT2D eigenvalue weighted by atomic mass is 35.5. The lowest BCUT2D eigenvalue weighted by Gasteiger charge is -2.10. The Balaban J connectivity index is 1.49. The van der Waals surface area contributed by atoms with Gasteiger partial charge in [-0.15, -0.1) is 10.2 Å². The Morgan fingerprint density at radius 3 is 2.76 bits per heavy atom. The fraction of sp³-hybridized carbons (Fsp3) is 0.100. The summed E-state index contributed by atoms with van der Waals surface area (Å²) in [5.41, 5.74) is 2.08. The zero-order chi connectivity index (χ0) is 20.2. The van der Waals surface area contributed by atoms with Crippen LogP contribution in [0.5, 0.6) is 5.75 Å². The molecule has 7 nitrogen and oxygen atoms in total. The van der Waals surface area contributed by atoms with Gasteiger partial charge < -0.3 is 10.1 Å². The second kappa shape index (κ2) is 8.50. The molecule has 1 N–H and O–H groups in total. The largest absolute Gasteiger partial charge is 0.495 e. The molecule has 9 heteroatoms. The molecule has 0 atom stereocenters. The fourth-order valence-electron chi connectivity index (χ4n) is 2.72. The molecule has 1 amide bonds. The van der Waals surface area contributed by atoms with Gasteiger partial charge in [0.25, 0.3) is 0 Å². The normalized spacial score (nSPS) is 10.8. The number of hydrogen-bond acceptors (Lipinski definition) is 6. The van der Waals surface area contributed by atoms with Gasteiger partial charge in [-0.25, -0.2) is 0 Å². The highest BCUT2D eigenvalue weighted by Crippen LogP contribution is 2.28. The summed E-state index contributed by atoms with van der Waals surface area (Å²) in [5.74, 6) is 1.18. The Labute approximate surface area is 176 Å². The lowest BCUT2D eigenvalue weighted by Crippen LogP contribution is -2.15. The third kappa shape index (κ3) is 4.33. The van der Waals surface area contributed by atoms with Gasteiger partial charge in [-0.05, 0) is 30.3 Å². The number of fused-ring (bicyclic) bond motifs is 1. The molecule has 0 saturated carbocycles. The summed E-state index contributed by atoms with van der Waals surface area (Å²) in [5, 5.41) is 17.0. The second-order valence-corrected chi connectivity index (χ2v) is 7.44. The first-order valence-electron chi connectivity index (χ1n) is 8.68. The van der Waals surface area contributed by atoms with Crippen LogP contribution in [0.1, 0.15) is 0 Å². The van der Waals surface area contributed by atoms with Gasteiger partial charge in [0.15, 0.2) is 11.5 Å². The van der Waals surface area contributed by atoms with E-state index in [1.165, 1.54) is 18.9 Å². The van der Waals surface area contributed by atoms with Crippen molar-refractivity contribution in [1.29, 1.82) is 0 Å². The molecule has 2 heterocycles. The predicted molar refractivity (Wildman–Crippen MR) is 114 cm³/mol. The van der Waals surface area contributed by atoms with Crippen LogP contribution in [0, 0.1) is 0 Å². The molecule has 0 saturated heterocycles. The van der Waals surface area contributed by atoms with Crippen molar-refractivity contribution in [2.45, 2.75) is 5.03 Å². The van der Waals surface area contributed by atoms with Crippen molar-refractivity contribution in [3.05, 3.63) is 65.7 Å². The van der Waals surface area contributed by atoms with Crippen LogP contribution < -0.4 is 10.1 Å². The summed E-state index contributed by atoms with van der Waals surface area (Å²) in [4.78, 5) is 12.4. The first-order valence-corrected chi connectivity index (χ1v) is 10.0. The topological polar surface area (TPSA) is 81.4 Å². The summed E-state index contributed by atoms with van der Waals surface area (Å²) in [6.07, 6.45) is 0. The van der Waals surface area contributed by atoms with Gasteiger partial charge in [0.05, 0.1) is 18.6 Å². The number of carbonyl (C=O) groups is 1. The maximum absolute atomic E-state index is 12.4. The van der Waals surface area contributed by atoms with E-state index in [4.69, 9.17) is 16.3 Å². The minimum atomic E-state index is -0.190. The summed E-state index contributed by atoms with van der Waals surface area (Å²) in [6, 6.07) is 18.4. The SMILES string of the molecule is COc1ccc(Cl)cc1NC(=O)CSc1ccc2nnc(-c3ccccc3)n2n1. The van der Waals surface area contributed by atoms with Gasteiger partial charge >= 0.3 is 0 Å². The number of nitrogens with zero attached hydrogens (tertiary/aromatic N) is 4. The van der Waals surface area contributed by atoms with Crippen molar-refractivity contribution < 1.29 is 9.53 Å². The van der Waals surface area contributed by atoms with Crippen molar-refractivity contribution in [3.63, 3.8) is 0 Å². The van der Waals surface area contributed by atoms with E-state index in [9.17, 15) is 4.79 Å². The number of amides is 1. The lowest BCUT2D eigenvalue weighted by atomic mass is 10.2. The monoisotopic (exact) mass is 425 g/mol. The smallest absolute Gasteiger partial charge is 0.234 e. The molecular weight excluding hydrogens is 410 g/mol. The molecule has 2 aromatic heterocycles. The Hall–Kier alpha value is -3.10. The van der Waals surface area contributed by atoms with Gasteiger partial charge in [0.1, 0.15) is 10.8 Å². The van der Waals surface area contributed by atoms with Crippen molar-refractivity contribution >= 4 is 40.6 Å². The molecule has 2 aromatic carbocycles. The molecule has 0 radical (unpaired) electrons. The Bertz CT molecular complexity index is 1170. The van der Waals surface area contributed by atoms with Crippen LogP contribution in [0.4, 0.5) is 5.69 Å². The number of ether oxygens (including phenoxy) is 1. The van der Waals surface area contributed by atoms with E-state index in [0.29, 0.717) is 33.0 Å². The maximum atomic E-state index is 12.4. The quantitative estimate of drug-likeness (QED) is 0.466. The second-order valence-electron chi connectivity index (χ2n) is 6.01. The zero-order valence-electron chi connectivity index (χ0n) is 15.4. The zero-order valence-corrected chi connectivity index (χ0v) is 16.9. The molecular formula is C20H16ClN5O2S. The lowest BCUT2D eigenvalue weighted by molar-refractivity contribution is -0.113. The van der Waals surface area contributed by atoms with E-state index < -0.39 is 0 Å². The number of carbonyl (C=O) groups excluding carboxylic acids is 1. The number of aromatic nitrogens is 4. The predicted octanol–water partition coefficient (Wildman–Crippen LogP) is 4.18. The highest BCUT2D eigenvalue weighted by Gasteiger charge is 2.12. The van der Waals surface area contributed by atoms with Crippen molar-refractivity contribution in [2.24, 2.45) is 0 Å². The number of halogens is 1. The minimum Gasteiger partial charge on any atom is -0.495 e. The highest BCUT2D eigenvalue weighted by molar-refractivity contribution is 7.99. The number of benzene rings is 2. The summed E-state index contributed by atoms with van der Waals surface area (Å²) in [7, 11) is 1.54. The van der Waals surface area contributed by atoms with Gasteiger partial charge in [-0.2, -0.15) is 9.61 Å². The molecule has 4 rings (SSSR count). The average Bonchev–Trinajstić information content (AvgIpc) is 3.16. The molecule has 0 bridgehead atoms. The van der Waals surface area contributed by atoms with Gasteiger partial charge in [-0.1, -0.05) is 53.7 Å². The average molecular weight is 426 g/mol. The van der Waals surface area contributed by atoms with Crippen LogP contribution in [0.2, 0.25) is 5.02 Å². The molecule has 0 unspecified atom stereocenters. The molecule has 0 spiro atoms. The first-order chi connectivity index (χ1) is 14.1. The fourth-order valence-corrected chi connectivity index (χ4v) is 3.55. The van der Waals surface area contributed by atoms with Crippen LogP contribution in [0.3, 0.4) is 0 Å². The third-order valence-corrected chi connectivity index (χ3v) is 5.21. The van der Waals surface area contributed by atoms with E-state index in [-0.39, 0.29) is 11.7 Å². The van der Waals surface area contributed by atoms with Crippen LogP contribution in [0.15, 0.2) is 65.7 Å². The molecule has 146 valence electrons. The van der Waals surface area contributed by atoms with Crippen LogP contribution in [-0.2, 0) is 4.79 Å². The van der Waals surface area contributed by atoms with E-state index in [1.807, 2.05) is 42.5 Å². The van der Waals surface area contributed by atoms with E-state index in [0.717, 1.165) is 5.56 Å². The van der Waals surface area contributed by atoms with Crippen LogP contribution >= 0.6 is 23.4 Å². The number of thioether (sulfide) groups is 1. The summed E-state index contributed by atoms with van der Waals surface area (Å²) in [6.45, 7) is 0. The maximum Gasteiger partial charge on any atom is 0.234 e. The Morgan fingerprint density at radius 2 is 1.97 bits per heavy atom. The van der Waals surface area contributed by atoms with Crippen molar-refractivity contribution in [2.75, 3.05) is 18.2 Å². The number of methoxy groups -OCH3 is 1. The van der Waals surface area contributed by atoms with E-state index in [1.54, 1.807) is 22.7 Å². The molecule has 4 aromatic rings. The molecule has 0 aliphatic heterocycles. The standard InChI is InChI=1S/C20H16ClN5O2S/c1-28-16-8-7-14(21)11-15(16)22-18(27)12-29-19-10-9-17-23-24-20(26(17)25-19)13-5-3-2-4-6-13/h2-11H,12H2,1H3,(H,22,27). The number of hydrogen-bond donors (Lipinski definition) is 1.